The maximum atomic E-state index is 12.8. The van der Waals surface area contributed by atoms with Gasteiger partial charge in [0.25, 0.3) is 0 Å². The number of thioether (sulfide) groups is 1. The van der Waals surface area contributed by atoms with Crippen LogP contribution in [0.3, 0.4) is 0 Å². The summed E-state index contributed by atoms with van der Waals surface area (Å²) in [4.78, 5) is 37.8. The second kappa shape index (κ2) is 12.7. The van der Waals surface area contributed by atoms with Crippen LogP contribution in [0.15, 0.2) is 0 Å². The molecule has 8 nitrogen and oxygen atoms in total. The van der Waals surface area contributed by atoms with Crippen molar-refractivity contribution in [2.45, 2.75) is 56.7 Å². The molecule has 150 valence electrons. The number of carboxylic acid groups (broad SMARTS) is 1. The van der Waals surface area contributed by atoms with Gasteiger partial charge in [-0.05, 0) is 0 Å². The van der Waals surface area contributed by atoms with Crippen LogP contribution in [0.5, 0.6) is 0 Å². The summed E-state index contributed by atoms with van der Waals surface area (Å²) >= 11 is 0.998. The molecule has 0 aliphatic carbocycles. The first-order valence-corrected chi connectivity index (χ1v) is 12.0. The predicted octanol–water partition coefficient (Wildman–Crippen LogP) is -0.625. The molecule has 0 aromatic heterocycles. The van der Waals surface area contributed by atoms with Gasteiger partial charge in [0, 0.05) is 0 Å². The Bertz CT molecular complexity index is 483. The fourth-order valence-electron chi connectivity index (χ4n) is 2.79. The Balaban J connectivity index is 2.61. The van der Waals surface area contributed by atoms with E-state index in [0.717, 1.165) is 18.6 Å². The average molecular weight is 453 g/mol. The van der Waals surface area contributed by atoms with Crippen LogP contribution < -0.4 is 15.8 Å². The Morgan fingerprint density at radius 3 is 2.69 bits per heavy atom. The number of carboxylic acids is 1. The zero-order valence-electron chi connectivity index (χ0n) is 15.2. The number of nitrogens with zero attached hydrogens (tertiary/aromatic N) is 1. The summed E-state index contributed by atoms with van der Waals surface area (Å²) in [6.45, 7) is 1.03. The molecule has 6 N–H and O–H groups in total. The number of carbonyl (C=O) groups excluding carboxylic acids is 2. The predicted molar refractivity (Wildman–Crippen MR) is 104 cm³/mol. The van der Waals surface area contributed by atoms with E-state index in [0.29, 0.717) is 38.8 Å². The molecule has 1 fully saturated rings. The van der Waals surface area contributed by atoms with Gasteiger partial charge >= 0.3 is 165 Å². The molecule has 1 rings (SSSR count). The molecule has 0 aromatic carbocycles. The molecule has 0 radical (unpaired) electrons. The third kappa shape index (κ3) is 7.54. The van der Waals surface area contributed by atoms with Crippen molar-refractivity contribution in [2.75, 3.05) is 25.1 Å². The first kappa shape index (κ1) is 23.4. The number of carbonyl (C=O) groups is 3. The van der Waals surface area contributed by atoms with Crippen LogP contribution in [0.25, 0.3) is 0 Å². The van der Waals surface area contributed by atoms with Crippen molar-refractivity contribution in [3.8, 4) is 0 Å². The van der Waals surface area contributed by atoms with Crippen LogP contribution in [0.1, 0.15) is 38.5 Å². The van der Waals surface area contributed by atoms with E-state index in [1.54, 1.807) is 11.8 Å². The number of likely N-dealkylation sites (tertiary alicyclic amines) is 1. The van der Waals surface area contributed by atoms with Crippen LogP contribution in [-0.4, -0.2) is 85.0 Å². The summed E-state index contributed by atoms with van der Waals surface area (Å²) in [6.07, 6.45) is 5.90. The summed E-state index contributed by atoms with van der Waals surface area (Å²) in [7, 11) is 0. The van der Waals surface area contributed by atoms with E-state index in [1.807, 2.05) is 6.26 Å². The van der Waals surface area contributed by atoms with Crippen molar-refractivity contribution in [1.82, 2.24) is 9.23 Å². The summed E-state index contributed by atoms with van der Waals surface area (Å²) in [6, 6.07) is -1.84. The second-order valence-corrected chi connectivity index (χ2v) is 9.04. The third-order valence-corrected chi connectivity index (χ3v) is 6.85. The number of rotatable bonds is 13. The zero-order chi connectivity index (χ0) is 19.5. The molecule has 3 atom stereocenters. The van der Waals surface area contributed by atoms with Gasteiger partial charge in [-0.15, -0.1) is 0 Å². The number of nitrogens with one attached hydrogen (secondary N) is 1. The Morgan fingerprint density at radius 1 is 1.35 bits per heavy atom. The van der Waals surface area contributed by atoms with E-state index in [2.05, 4.69) is 4.33 Å². The van der Waals surface area contributed by atoms with Gasteiger partial charge in [-0.3, -0.25) is 0 Å². The van der Waals surface area contributed by atoms with E-state index in [-0.39, 0.29) is 10.6 Å². The van der Waals surface area contributed by atoms with Gasteiger partial charge in [0.2, 0.25) is 0 Å². The van der Waals surface area contributed by atoms with Gasteiger partial charge in [0.1, 0.15) is 0 Å². The molecule has 26 heavy (non-hydrogen) atoms. The number of aliphatic carboxylic acids is 1. The van der Waals surface area contributed by atoms with Crippen LogP contribution >= 0.6 is 11.8 Å². The molecule has 0 unspecified atom stereocenters. The summed E-state index contributed by atoms with van der Waals surface area (Å²) in [5.74, 6) is -0.444. The Kier molecular flexibility index (Phi) is 11.4. The van der Waals surface area contributed by atoms with Crippen molar-refractivity contribution in [3.05, 3.63) is 0 Å². The van der Waals surface area contributed by atoms with Gasteiger partial charge in [0.15, 0.2) is 0 Å². The maximum absolute atomic E-state index is 12.8. The molecule has 0 aromatic rings. The van der Waals surface area contributed by atoms with Crippen molar-refractivity contribution in [3.63, 3.8) is 0 Å². The van der Waals surface area contributed by atoms with E-state index < -0.39 is 39.3 Å². The molecule has 0 spiro atoms. The van der Waals surface area contributed by atoms with E-state index in [1.165, 1.54) is 4.90 Å². The Morgan fingerprint density at radius 2 is 2.08 bits per heavy atom. The first-order valence-electron chi connectivity index (χ1n) is 8.86. The fraction of sp³-hybridized carbons (Fsp3) is 0.812. The van der Waals surface area contributed by atoms with Crippen LogP contribution in [0, 0.1) is 0 Å². The van der Waals surface area contributed by atoms with Crippen LogP contribution in [0.2, 0.25) is 0 Å². The SMILES string of the molecule is CSCC[C@H](N[Se]C(=O)[C@@H](N)CCCCN)C(=O)N1CCC[C@H]1C(=O)O. The summed E-state index contributed by atoms with van der Waals surface area (Å²) < 4.78 is 3.00. The molecule has 0 saturated carbocycles. The van der Waals surface area contributed by atoms with Gasteiger partial charge in [-0.2, -0.15) is 0 Å². The zero-order valence-corrected chi connectivity index (χ0v) is 17.7. The molecule has 1 heterocycles. The van der Waals surface area contributed by atoms with Crippen LogP contribution in [0.4, 0.5) is 0 Å². The fourth-order valence-corrected chi connectivity index (χ4v) is 4.82. The van der Waals surface area contributed by atoms with Crippen molar-refractivity contribution in [1.29, 1.82) is 0 Å². The van der Waals surface area contributed by atoms with E-state index >= 15 is 0 Å². The molecular weight excluding hydrogens is 423 g/mol. The molecule has 0 bridgehead atoms. The molecule has 1 aliphatic heterocycles. The number of unbranched alkanes of at least 4 members (excludes halogenated alkanes) is 1. The number of nitrogens with two attached hydrogens (primary N) is 2. The number of amides is 1. The Labute approximate surface area is 165 Å². The third-order valence-electron chi connectivity index (χ3n) is 4.30. The molecule has 1 saturated heterocycles. The minimum atomic E-state index is -0.969. The second-order valence-electron chi connectivity index (χ2n) is 6.29. The van der Waals surface area contributed by atoms with Gasteiger partial charge in [-0.25, -0.2) is 0 Å². The topological polar surface area (TPSA) is 139 Å². The van der Waals surface area contributed by atoms with Gasteiger partial charge in [-0.1, -0.05) is 0 Å². The van der Waals surface area contributed by atoms with E-state index in [9.17, 15) is 19.5 Å². The number of hydrogen-bond acceptors (Lipinski definition) is 7. The van der Waals surface area contributed by atoms with Crippen LogP contribution in [-0.2, 0) is 14.4 Å². The average Bonchev–Trinajstić information content (AvgIpc) is 3.11. The number of hydrogen-bond donors (Lipinski definition) is 4. The van der Waals surface area contributed by atoms with Gasteiger partial charge < -0.3 is 0 Å². The molecular formula is C16H30N4O4SSe. The summed E-state index contributed by atoms with van der Waals surface area (Å²) in [5, 5.41) is 9.29. The minimum absolute atomic E-state index is 0.0762. The quantitative estimate of drug-likeness (QED) is 0.214. The normalized spacial score (nSPS) is 19.3. The first-order chi connectivity index (χ1) is 12.4. The Hall–Kier alpha value is -0.641. The van der Waals surface area contributed by atoms with Crippen molar-refractivity contribution in [2.24, 2.45) is 11.5 Å². The monoisotopic (exact) mass is 454 g/mol. The molecule has 1 amide bonds. The van der Waals surface area contributed by atoms with Gasteiger partial charge in [0.05, 0.1) is 0 Å². The molecule has 1 aliphatic rings. The van der Waals surface area contributed by atoms with Crippen molar-refractivity contribution >= 4 is 43.5 Å². The standard InChI is InChI=1S/C16H30N4O4SSe/c1-25-10-7-12(14(21)20-9-4-6-13(20)15(22)23)19-26-16(24)11(18)5-2-3-8-17/h11-13,19H,2-10,17-18H2,1H3,(H,22,23)/t11-,12-,13-/m0/s1. The summed E-state index contributed by atoms with van der Waals surface area (Å²) in [5.41, 5.74) is 11.4. The van der Waals surface area contributed by atoms with E-state index in [4.69, 9.17) is 11.5 Å². The molecule has 10 heteroatoms. The van der Waals surface area contributed by atoms with Crippen molar-refractivity contribution < 1.29 is 19.5 Å².